The first-order valence-corrected chi connectivity index (χ1v) is 6.67. The van der Waals surface area contributed by atoms with Gasteiger partial charge in [-0.1, -0.05) is 6.07 Å². The zero-order valence-corrected chi connectivity index (χ0v) is 11.5. The van der Waals surface area contributed by atoms with Crippen LogP contribution in [0.5, 0.6) is 5.75 Å². The third kappa shape index (κ3) is 4.35. The number of halogens is 3. The van der Waals surface area contributed by atoms with Gasteiger partial charge in [0.1, 0.15) is 5.75 Å². The largest absolute Gasteiger partial charge is 0.480 e. The summed E-state index contributed by atoms with van der Waals surface area (Å²) >= 11 is 0. The highest BCUT2D eigenvalue weighted by Gasteiger charge is 2.35. The maximum Gasteiger partial charge on any atom is 0.419 e. The van der Waals surface area contributed by atoms with E-state index in [1.165, 1.54) is 13.0 Å². The van der Waals surface area contributed by atoms with Gasteiger partial charge in [-0.05, 0) is 37.5 Å². The minimum Gasteiger partial charge on any atom is -0.480 e. The number of hydrogen-bond acceptors (Lipinski definition) is 3. The van der Waals surface area contributed by atoms with Crippen LogP contribution in [-0.2, 0) is 17.5 Å². The molecule has 0 saturated heterocycles. The lowest BCUT2D eigenvalue weighted by atomic mass is 10.1. The van der Waals surface area contributed by atoms with Crippen molar-refractivity contribution in [2.24, 2.45) is 5.73 Å². The van der Waals surface area contributed by atoms with Crippen LogP contribution in [0.4, 0.5) is 13.2 Å². The predicted molar refractivity (Wildman–Crippen MR) is 70.6 cm³/mol. The van der Waals surface area contributed by atoms with Crippen LogP contribution in [0.3, 0.4) is 0 Å². The van der Waals surface area contributed by atoms with E-state index >= 15 is 0 Å². The number of nitrogens with two attached hydrogens (primary N) is 1. The molecule has 1 fully saturated rings. The number of benzene rings is 1. The first-order chi connectivity index (χ1) is 9.77. The van der Waals surface area contributed by atoms with Gasteiger partial charge in [0.15, 0.2) is 6.10 Å². The highest BCUT2D eigenvalue weighted by Crippen LogP contribution is 2.37. The van der Waals surface area contributed by atoms with E-state index in [-0.39, 0.29) is 5.75 Å². The Labute approximate surface area is 120 Å². The molecule has 116 valence electrons. The van der Waals surface area contributed by atoms with E-state index in [1.807, 2.05) is 0 Å². The Morgan fingerprint density at radius 3 is 2.67 bits per heavy atom. The number of ether oxygens (including phenoxy) is 1. The molecule has 7 heteroatoms. The molecule has 3 N–H and O–H groups in total. The van der Waals surface area contributed by atoms with E-state index in [4.69, 9.17) is 10.5 Å². The number of rotatable bonds is 6. The van der Waals surface area contributed by atoms with Crippen LogP contribution in [-0.4, -0.2) is 18.1 Å². The molecule has 4 nitrogen and oxygen atoms in total. The number of amides is 1. The van der Waals surface area contributed by atoms with Crippen LogP contribution in [0, 0.1) is 0 Å². The van der Waals surface area contributed by atoms with Crippen molar-refractivity contribution in [3.05, 3.63) is 29.3 Å². The molecule has 1 amide bonds. The van der Waals surface area contributed by atoms with Crippen molar-refractivity contribution in [2.75, 3.05) is 0 Å². The van der Waals surface area contributed by atoms with Gasteiger partial charge in [0.25, 0.3) is 5.91 Å². The van der Waals surface area contributed by atoms with Crippen molar-refractivity contribution in [3.63, 3.8) is 0 Å². The lowest BCUT2D eigenvalue weighted by molar-refractivity contribution is -0.140. The molecule has 1 atom stereocenters. The molecule has 0 heterocycles. The number of alkyl halides is 3. The van der Waals surface area contributed by atoms with E-state index in [2.05, 4.69) is 5.32 Å². The summed E-state index contributed by atoms with van der Waals surface area (Å²) in [6.45, 7) is 1.68. The second kappa shape index (κ2) is 5.93. The normalized spacial score (nSPS) is 16.6. The maximum atomic E-state index is 13.1. The molecule has 1 unspecified atom stereocenters. The minimum atomic E-state index is -4.55. The molecule has 21 heavy (non-hydrogen) atoms. The summed E-state index contributed by atoms with van der Waals surface area (Å²) in [4.78, 5) is 10.9. The van der Waals surface area contributed by atoms with Gasteiger partial charge in [-0.3, -0.25) is 4.79 Å². The molecule has 0 aromatic heterocycles. The van der Waals surface area contributed by atoms with Crippen LogP contribution < -0.4 is 15.8 Å². The molecule has 2 rings (SSSR count). The summed E-state index contributed by atoms with van der Waals surface area (Å²) in [5, 5.41) is 3.15. The number of carbonyl (C=O) groups excluding carboxylic acids is 1. The highest BCUT2D eigenvalue weighted by molar-refractivity contribution is 5.78. The summed E-state index contributed by atoms with van der Waals surface area (Å²) in [6.07, 6.45) is -3.56. The van der Waals surface area contributed by atoms with Gasteiger partial charge in [-0.2, -0.15) is 13.2 Å². The van der Waals surface area contributed by atoms with Gasteiger partial charge in [0.2, 0.25) is 0 Å². The Morgan fingerprint density at radius 2 is 2.14 bits per heavy atom. The second-order valence-corrected chi connectivity index (χ2v) is 5.15. The minimum absolute atomic E-state index is 0.374. The average Bonchev–Trinajstić information content (AvgIpc) is 3.20. The number of hydrogen-bond donors (Lipinski definition) is 2. The molecule has 0 aliphatic heterocycles. The summed E-state index contributed by atoms with van der Waals surface area (Å²) in [5.41, 5.74) is 4.63. The van der Waals surface area contributed by atoms with Crippen LogP contribution in [0.25, 0.3) is 0 Å². The fraction of sp³-hybridized carbons (Fsp3) is 0.500. The first kappa shape index (κ1) is 15.6. The monoisotopic (exact) mass is 302 g/mol. The van der Waals surface area contributed by atoms with Gasteiger partial charge in [0.05, 0.1) is 5.56 Å². The van der Waals surface area contributed by atoms with Crippen molar-refractivity contribution < 1.29 is 22.7 Å². The van der Waals surface area contributed by atoms with Crippen LogP contribution in [0.1, 0.15) is 30.9 Å². The zero-order chi connectivity index (χ0) is 15.6. The van der Waals surface area contributed by atoms with Crippen molar-refractivity contribution in [1.29, 1.82) is 0 Å². The van der Waals surface area contributed by atoms with E-state index in [0.29, 0.717) is 18.2 Å². The summed E-state index contributed by atoms with van der Waals surface area (Å²) in [5.74, 6) is -1.20. The Bertz CT molecular complexity index is 527. The number of nitrogens with one attached hydrogen (secondary N) is 1. The first-order valence-electron chi connectivity index (χ1n) is 6.67. The van der Waals surface area contributed by atoms with E-state index in [9.17, 15) is 18.0 Å². The van der Waals surface area contributed by atoms with E-state index in [1.54, 1.807) is 6.07 Å². The van der Waals surface area contributed by atoms with Crippen LogP contribution in [0.2, 0.25) is 0 Å². The fourth-order valence-electron chi connectivity index (χ4n) is 1.81. The zero-order valence-electron chi connectivity index (χ0n) is 11.5. The molecule has 1 aromatic rings. The molecule has 1 aliphatic carbocycles. The summed E-state index contributed by atoms with van der Waals surface area (Å²) in [6, 6.07) is 4.23. The van der Waals surface area contributed by atoms with Crippen molar-refractivity contribution in [1.82, 2.24) is 5.32 Å². The predicted octanol–water partition coefficient (Wildman–Crippen LogP) is 2.21. The number of carbonyl (C=O) groups is 1. The van der Waals surface area contributed by atoms with Crippen LogP contribution >= 0.6 is 0 Å². The molecular weight excluding hydrogens is 285 g/mol. The Hall–Kier alpha value is -1.76. The molecule has 0 radical (unpaired) electrons. The third-order valence-corrected chi connectivity index (χ3v) is 3.23. The Kier molecular flexibility index (Phi) is 4.41. The molecule has 1 aliphatic rings. The van der Waals surface area contributed by atoms with Crippen LogP contribution in [0.15, 0.2) is 18.2 Å². The van der Waals surface area contributed by atoms with Crippen molar-refractivity contribution in [3.8, 4) is 5.75 Å². The highest BCUT2D eigenvalue weighted by atomic mass is 19.4. The molecule has 1 saturated carbocycles. The Morgan fingerprint density at radius 1 is 1.48 bits per heavy atom. The smallest absolute Gasteiger partial charge is 0.419 e. The topological polar surface area (TPSA) is 64.3 Å². The van der Waals surface area contributed by atoms with Gasteiger partial charge < -0.3 is 15.8 Å². The molecule has 0 spiro atoms. The summed E-state index contributed by atoms with van der Waals surface area (Å²) < 4.78 is 44.2. The van der Waals surface area contributed by atoms with E-state index < -0.39 is 23.8 Å². The third-order valence-electron chi connectivity index (χ3n) is 3.23. The number of primary amides is 1. The second-order valence-electron chi connectivity index (χ2n) is 5.15. The average molecular weight is 302 g/mol. The van der Waals surface area contributed by atoms with Gasteiger partial charge in [-0.25, -0.2) is 0 Å². The Balaban J connectivity index is 2.20. The van der Waals surface area contributed by atoms with Gasteiger partial charge in [-0.15, -0.1) is 0 Å². The molecule has 1 aromatic carbocycles. The fourth-order valence-corrected chi connectivity index (χ4v) is 1.81. The maximum absolute atomic E-state index is 13.1. The van der Waals surface area contributed by atoms with Crippen molar-refractivity contribution in [2.45, 2.75) is 44.6 Å². The lowest BCUT2D eigenvalue weighted by Gasteiger charge is -2.18. The van der Waals surface area contributed by atoms with Gasteiger partial charge >= 0.3 is 6.18 Å². The molecular formula is C14H17F3N2O2. The lowest BCUT2D eigenvalue weighted by Crippen LogP contribution is -2.31. The quantitative estimate of drug-likeness (QED) is 0.847. The van der Waals surface area contributed by atoms with E-state index in [0.717, 1.165) is 18.9 Å². The standard InChI is InChI=1S/C14H17F3N2O2/c1-8(13(18)20)21-12-5-2-9(7-19-10-3-4-10)6-11(12)14(15,16)17/h2,5-6,8,10,19H,3-4,7H2,1H3,(H2,18,20). The molecule has 0 bridgehead atoms. The van der Waals surface area contributed by atoms with Gasteiger partial charge in [0, 0.05) is 12.6 Å². The SMILES string of the molecule is CC(Oc1ccc(CNC2CC2)cc1C(F)(F)F)C(N)=O. The summed E-state index contributed by atoms with van der Waals surface area (Å²) in [7, 11) is 0. The van der Waals surface area contributed by atoms with Crippen molar-refractivity contribution >= 4 is 5.91 Å².